The fourth-order valence-electron chi connectivity index (χ4n) is 1.29. The normalized spacial score (nSPS) is 12.6. The Morgan fingerprint density at radius 3 is 2.69 bits per heavy atom. The molecule has 2 nitrogen and oxygen atoms in total. The highest BCUT2D eigenvalue weighted by Crippen LogP contribution is 2.27. The van der Waals surface area contributed by atoms with Crippen molar-refractivity contribution in [1.29, 1.82) is 0 Å². The molecule has 0 aromatic heterocycles. The van der Waals surface area contributed by atoms with E-state index in [1.54, 1.807) is 7.11 Å². The number of nitrogens with one attached hydrogen (secondary N) is 1. The Bertz CT molecular complexity index is 337. The molecular weight excluding hydrogens is 280 g/mol. The van der Waals surface area contributed by atoms with Gasteiger partial charge in [-0.25, -0.2) is 8.78 Å². The summed E-state index contributed by atoms with van der Waals surface area (Å²) in [5, 5.41) is 2.97. The van der Waals surface area contributed by atoms with E-state index in [1.165, 1.54) is 6.07 Å². The molecule has 90 valence electrons. The van der Waals surface area contributed by atoms with Gasteiger partial charge in [-0.15, -0.1) is 0 Å². The number of benzene rings is 1. The third-order valence-electron chi connectivity index (χ3n) is 2.15. The fourth-order valence-corrected chi connectivity index (χ4v) is 1.82. The Morgan fingerprint density at radius 2 is 2.12 bits per heavy atom. The summed E-state index contributed by atoms with van der Waals surface area (Å²) in [7, 11) is 1.61. The first-order chi connectivity index (χ1) is 7.54. The average Bonchev–Trinajstić information content (AvgIpc) is 2.20. The Balaban J connectivity index is 2.73. The van der Waals surface area contributed by atoms with Gasteiger partial charge in [0.1, 0.15) is 11.6 Å². The molecule has 0 spiro atoms. The Morgan fingerprint density at radius 1 is 1.44 bits per heavy atom. The monoisotopic (exact) mass is 293 g/mol. The molecule has 0 radical (unpaired) electrons. The quantitative estimate of drug-likeness (QED) is 0.896. The third-order valence-corrected chi connectivity index (χ3v) is 2.78. The highest BCUT2D eigenvalue weighted by Gasteiger charge is 2.11. The van der Waals surface area contributed by atoms with E-state index in [9.17, 15) is 8.78 Å². The van der Waals surface area contributed by atoms with Crippen LogP contribution in [0.25, 0.3) is 0 Å². The van der Waals surface area contributed by atoms with Crippen LogP contribution in [0.2, 0.25) is 0 Å². The van der Waals surface area contributed by atoms with Crippen molar-refractivity contribution in [2.24, 2.45) is 0 Å². The van der Waals surface area contributed by atoms with E-state index in [-0.39, 0.29) is 11.7 Å². The number of anilines is 1. The van der Waals surface area contributed by atoms with Crippen LogP contribution in [-0.4, -0.2) is 19.8 Å². The van der Waals surface area contributed by atoms with E-state index >= 15 is 0 Å². The molecule has 0 saturated heterocycles. The Kier molecular flexibility index (Phi) is 5.15. The van der Waals surface area contributed by atoms with Gasteiger partial charge in [0.05, 0.1) is 5.69 Å². The van der Waals surface area contributed by atoms with Crippen LogP contribution in [0.5, 0.6) is 0 Å². The first-order valence-corrected chi connectivity index (χ1v) is 5.74. The van der Waals surface area contributed by atoms with Crippen molar-refractivity contribution in [3.05, 3.63) is 28.2 Å². The number of methoxy groups -OCH3 is 1. The average molecular weight is 294 g/mol. The Labute approximate surface area is 102 Å². The molecule has 16 heavy (non-hydrogen) atoms. The highest BCUT2D eigenvalue weighted by atomic mass is 79.9. The number of halogens is 3. The van der Waals surface area contributed by atoms with Crippen molar-refractivity contribution < 1.29 is 13.5 Å². The molecule has 1 atom stereocenters. The minimum atomic E-state index is -0.601. The molecule has 0 aliphatic rings. The van der Waals surface area contributed by atoms with Gasteiger partial charge in [-0.3, -0.25) is 0 Å². The molecule has 5 heteroatoms. The molecule has 1 rings (SSSR count). The lowest BCUT2D eigenvalue weighted by Gasteiger charge is -2.16. The smallest absolute Gasteiger partial charge is 0.150 e. The van der Waals surface area contributed by atoms with Crippen LogP contribution in [0.4, 0.5) is 14.5 Å². The minimum absolute atomic E-state index is 0.0520. The Hall–Kier alpha value is -0.680. The van der Waals surface area contributed by atoms with E-state index in [0.29, 0.717) is 11.1 Å². The van der Waals surface area contributed by atoms with Crippen molar-refractivity contribution in [1.82, 2.24) is 0 Å². The van der Waals surface area contributed by atoms with Gasteiger partial charge in [-0.1, -0.05) is 0 Å². The van der Waals surface area contributed by atoms with Gasteiger partial charge in [-0.05, 0) is 35.3 Å². The number of hydrogen-bond acceptors (Lipinski definition) is 2. The molecule has 1 N–H and O–H groups in total. The summed E-state index contributed by atoms with van der Waals surface area (Å²) >= 11 is 3.12. The third kappa shape index (κ3) is 3.72. The second kappa shape index (κ2) is 6.15. The lowest BCUT2D eigenvalue weighted by Crippen LogP contribution is -2.18. The van der Waals surface area contributed by atoms with Crippen molar-refractivity contribution in [2.75, 3.05) is 19.0 Å². The zero-order valence-corrected chi connectivity index (χ0v) is 10.8. The molecule has 0 heterocycles. The molecule has 0 aliphatic heterocycles. The summed E-state index contributed by atoms with van der Waals surface area (Å²) in [6, 6.07) is 2.14. The number of hydrogen-bond donors (Lipinski definition) is 1. The van der Waals surface area contributed by atoms with E-state index in [0.717, 1.165) is 12.5 Å². The van der Waals surface area contributed by atoms with Gasteiger partial charge in [0, 0.05) is 30.3 Å². The zero-order valence-electron chi connectivity index (χ0n) is 9.19. The largest absolute Gasteiger partial charge is 0.385 e. The van der Waals surface area contributed by atoms with E-state index in [1.807, 2.05) is 6.92 Å². The summed E-state index contributed by atoms with van der Waals surface area (Å²) in [5.74, 6) is -1.20. The summed E-state index contributed by atoms with van der Waals surface area (Å²) in [6.45, 7) is 2.50. The predicted molar refractivity (Wildman–Crippen MR) is 63.6 cm³/mol. The maximum atomic E-state index is 13.4. The highest BCUT2D eigenvalue weighted by molar-refractivity contribution is 9.10. The first-order valence-electron chi connectivity index (χ1n) is 4.94. The van der Waals surface area contributed by atoms with E-state index in [4.69, 9.17) is 4.74 Å². The summed E-state index contributed by atoms with van der Waals surface area (Å²) in [4.78, 5) is 0. The second-order valence-corrected chi connectivity index (χ2v) is 4.43. The topological polar surface area (TPSA) is 21.3 Å². The molecule has 0 amide bonds. The van der Waals surface area contributed by atoms with Gasteiger partial charge in [0.2, 0.25) is 0 Å². The fraction of sp³-hybridized carbons (Fsp3) is 0.455. The van der Waals surface area contributed by atoms with Crippen LogP contribution in [0.1, 0.15) is 13.3 Å². The number of rotatable bonds is 5. The molecule has 1 aromatic carbocycles. The van der Waals surface area contributed by atoms with Crippen LogP contribution in [0, 0.1) is 11.6 Å². The van der Waals surface area contributed by atoms with Crippen LogP contribution in [0.15, 0.2) is 16.6 Å². The second-order valence-electron chi connectivity index (χ2n) is 3.57. The van der Waals surface area contributed by atoms with E-state index < -0.39 is 11.6 Å². The van der Waals surface area contributed by atoms with Gasteiger partial charge < -0.3 is 10.1 Å². The molecular formula is C11H14BrF2NO. The standard InChI is InChI=1S/C11H14BrF2NO/c1-7(3-4-16-2)15-11-9(12)5-8(13)6-10(11)14/h5-7,15H,3-4H2,1-2H3. The van der Waals surface area contributed by atoms with Crippen molar-refractivity contribution in [3.8, 4) is 0 Å². The molecule has 0 bridgehead atoms. The van der Waals surface area contributed by atoms with Gasteiger partial charge >= 0.3 is 0 Å². The van der Waals surface area contributed by atoms with Crippen LogP contribution in [0.3, 0.4) is 0 Å². The van der Waals surface area contributed by atoms with Gasteiger partial charge in [-0.2, -0.15) is 0 Å². The van der Waals surface area contributed by atoms with Crippen LogP contribution in [-0.2, 0) is 4.74 Å². The van der Waals surface area contributed by atoms with Crippen molar-refractivity contribution >= 4 is 21.6 Å². The molecule has 0 aliphatic carbocycles. The predicted octanol–water partition coefficient (Wildman–Crippen LogP) is 3.56. The summed E-state index contributed by atoms with van der Waals surface area (Å²) in [6.07, 6.45) is 0.750. The molecule has 1 aromatic rings. The first kappa shape index (κ1) is 13.4. The molecule has 1 unspecified atom stereocenters. The van der Waals surface area contributed by atoms with E-state index in [2.05, 4.69) is 21.2 Å². The van der Waals surface area contributed by atoms with Gasteiger partial charge in [0.15, 0.2) is 0 Å². The summed E-state index contributed by atoms with van der Waals surface area (Å²) < 4.78 is 31.6. The maximum Gasteiger partial charge on any atom is 0.150 e. The van der Waals surface area contributed by atoms with Crippen LogP contribution >= 0.6 is 15.9 Å². The summed E-state index contributed by atoms with van der Waals surface area (Å²) in [5.41, 5.74) is 0.282. The number of ether oxygens (including phenoxy) is 1. The lowest BCUT2D eigenvalue weighted by molar-refractivity contribution is 0.191. The SMILES string of the molecule is COCCC(C)Nc1c(F)cc(F)cc1Br. The van der Waals surface area contributed by atoms with Gasteiger partial charge in [0.25, 0.3) is 0 Å². The lowest BCUT2D eigenvalue weighted by atomic mass is 10.2. The minimum Gasteiger partial charge on any atom is -0.385 e. The molecule has 0 saturated carbocycles. The maximum absolute atomic E-state index is 13.4. The van der Waals surface area contributed by atoms with Crippen molar-refractivity contribution in [2.45, 2.75) is 19.4 Å². The van der Waals surface area contributed by atoms with Crippen molar-refractivity contribution in [3.63, 3.8) is 0 Å². The van der Waals surface area contributed by atoms with Crippen LogP contribution < -0.4 is 5.32 Å². The molecule has 0 fully saturated rings. The zero-order chi connectivity index (χ0) is 12.1.